The first-order valence-corrected chi connectivity index (χ1v) is 10.5. The van der Waals surface area contributed by atoms with Gasteiger partial charge in [-0.25, -0.2) is 4.98 Å². The number of guanidine groups is 1. The van der Waals surface area contributed by atoms with Crippen LogP contribution in [0, 0.1) is 0 Å². The first-order valence-electron chi connectivity index (χ1n) is 10.5. The van der Waals surface area contributed by atoms with Crippen LogP contribution < -0.4 is 33.2 Å². The molecule has 12 N–H and O–H groups in total. The molecule has 0 aliphatic rings. The van der Waals surface area contributed by atoms with E-state index in [1.54, 1.807) is 0 Å². The van der Waals surface area contributed by atoms with E-state index in [0.29, 0.717) is 12.1 Å². The number of hydrogen-bond acceptors (Lipinski definition) is 8. The number of rotatable bonds is 15. The van der Waals surface area contributed by atoms with E-state index >= 15 is 0 Å². The lowest BCUT2D eigenvalue weighted by Crippen LogP contribution is -2.57. The van der Waals surface area contributed by atoms with E-state index in [1.807, 2.05) is 0 Å². The number of aromatic nitrogens is 2. The molecule has 3 amide bonds. The average Bonchev–Trinajstić information content (AvgIpc) is 3.28. The molecule has 1 aromatic heterocycles. The molecule has 16 nitrogen and oxygen atoms in total. The van der Waals surface area contributed by atoms with Gasteiger partial charge in [-0.1, -0.05) is 0 Å². The molecule has 4 unspecified atom stereocenters. The summed E-state index contributed by atoms with van der Waals surface area (Å²) < 4.78 is 0. The first-order chi connectivity index (χ1) is 16.4. The fourth-order valence-corrected chi connectivity index (χ4v) is 2.79. The van der Waals surface area contributed by atoms with Crippen LogP contribution in [0.3, 0.4) is 0 Å². The number of carboxylic acids is 2. The largest absolute Gasteiger partial charge is 0.481 e. The number of carboxylic acid groups (broad SMARTS) is 2. The van der Waals surface area contributed by atoms with Gasteiger partial charge >= 0.3 is 11.9 Å². The van der Waals surface area contributed by atoms with Crippen LogP contribution >= 0.6 is 0 Å². The normalized spacial score (nSPS) is 14.0. The molecule has 0 aliphatic heterocycles. The molecule has 0 radical (unpaired) electrons. The van der Waals surface area contributed by atoms with E-state index in [-0.39, 0.29) is 25.3 Å². The van der Waals surface area contributed by atoms with Crippen molar-refractivity contribution in [3.63, 3.8) is 0 Å². The lowest BCUT2D eigenvalue weighted by molar-refractivity contribution is -0.143. The summed E-state index contributed by atoms with van der Waals surface area (Å²) in [5.41, 5.74) is 16.7. The molecular weight excluding hydrogens is 466 g/mol. The van der Waals surface area contributed by atoms with E-state index in [2.05, 4.69) is 30.9 Å². The lowest BCUT2D eigenvalue weighted by Gasteiger charge is -2.24. The van der Waals surface area contributed by atoms with Gasteiger partial charge in [0.15, 0.2) is 5.96 Å². The minimum atomic E-state index is -1.56. The van der Waals surface area contributed by atoms with Crippen LogP contribution in [0.2, 0.25) is 0 Å². The van der Waals surface area contributed by atoms with E-state index < -0.39 is 60.2 Å². The van der Waals surface area contributed by atoms with E-state index in [0.717, 1.165) is 0 Å². The highest BCUT2D eigenvalue weighted by Crippen LogP contribution is 2.04. The smallest absolute Gasteiger partial charge is 0.325 e. The van der Waals surface area contributed by atoms with Crippen molar-refractivity contribution >= 4 is 35.6 Å². The van der Waals surface area contributed by atoms with Gasteiger partial charge in [-0.05, 0) is 19.8 Å². The zero-order valence-electron chi connectivity index (χ0n) is 19.1. The van der Waals surface area contributed by atoms with Crippen LogP contribution in [0.25, 0.3) is 0 Å². The summed E-state index contributed by atoms with van der Waals surface area (Å²) in [5.74, 6) is -5.40. The van der Waals surface area contributed by atoms with Gasteiger partial charge in [0, 0.05) is 24.9 Å². The number of carbonyl (C=O) groups excluding carboxylic acids is 3. The maximum atomic E-state index is 12.8. The van der Waals surface area contributed by atoms with Crippen LogP contribution in [0.4, 0.5) is 0 Å². The Hall–Kier alpha value is -4.21. The third kappa shape index (κ3) is 11.0. The third-order valence-corrected chi connectivity index (χ3v) is 4.66. The van der Waals surface area contributed by atoms with Gasteiger partial charge in [0.1, 0.15) is 18.1 Å². The fourth-order valence-electron chi connectivity index (χ4n) is 2.79. The Balaban J connectivity index is 2.91. The molecule has 0 saturated carbocycles. The second kappa shape index (κ2) is 14.1. The van der Waals surface area contributed by atoms with Crippen LogP contribution in [0.5, 0.6) is 0 Å². The number of aromatic amines is 1. The summed E-state index contributed by atoms with van der Waals surface area (Å²) in [6, 6.07) is -5.19. The number of imidazole rings is 1. The highest BCUT2D eigenvalue weighted by Gasteiger charge is 2.31. The summed E-state index contributed by atoms with van der Waals surface area (Å²) in [6.45, 7) is 1.46. The molecule has 16 heteroatoms. The second-order valence-electron chi connectivity index (χ2n) is 7.63. The van der Waals surface area contributed by atoms with Gasteiger partial charge in [0.05, 0.1) is 18.8 Å². The number of hydrogen-bond donors (Lipinski definition) is 9. The molecule has 0 aliphatic carbocycles. The van der Waals surface area contributed by atoms with Crippen molar-refractivity contribution in [2.45, 2.75) is 56.8 Å². The Labute approximate surface area is 200 Å². The van der Waals surface area contributed by atoms with Gasteiger partial charge in [-0.3, -0.25) is 29.0 Å². The number of carbonyl (C=O) groups is 5. The van der Waals surface area contributed by atoms with E-state index in [9.17, 15) is 29.1 Å². The van der Waals surface area contributed by atoms with Crippen molar-refractivity contribution < 1.29 is 34.2 Å². The van der Waals surface area contributed by atoms with Gasteiger partial charge in [-0.2, -0.15) is 0 Å². The molecule has 1 aromatic rings. The minimum Gasteiger partial charge on any atom is -0.481 e. The quantitative estimate of drug-likeness (QED) is 0.0647. The number of nitrogens with two attached hydrogens (primary N) is 3. The van der Waals surface area contributed by atoms with Gasteiger partial charge in [-0.15, -0.1) is 0 Å². The average molecular weight is 498 g/mol. The summed E-state index contributed by atoms with van der Waals surface area (Å²) in [5, 5.41) is 25.1. The van der Waals surface area contributed by atoms with E-state index in [1.165, 1.54) is 19.4 Å². The highest BCUT2D eigenvalue weighted by molar-refractivity contribution is 5.95. The number of amides is 3. The summed E-state index contributed by atoms with van der Waals surface area (Å²) in [6.07, 6.45) is 2.35. The maximum absolute atomic E-state index is 12.8. The van der Waals surface area contributed by atoms with Crippen molar-refractivity contribution in [3.8, 4) is 0 Å². The van der Waals surface area contributed by atoms with Crippen LogP contribution in [-0.2, 0) is 30.4 Å². The molecule has 1 rings (SSSR count). The van der Waals surface area contributed by atoms with Crippen LogP contribution in [0.15, 0.2) is 17.5 Å². The summed E-state index contributed by atoms with van der Waals surface area (Å²) >= 11 is 0. The molecule has 0 fully saturated rings. The first kappa shape index (κ1) is 28.8. The Morgan fingerprint density at radius 3 is 2.23 bits per heavy atom. The standard InChI is InChI=1S/C19H31N9O7/c1-9(18(34)35)26-16(32)12(5-10-7-23-8-25-10)28-17(33)13(6-14(29)30)27-15(31)11(20)3-2-4-24-19(21)22/h7-9,11-13H,2-6,20H2,1H3,(H,23,25)(H,26,32)(H,27,31)(H,28,33)(H,29,30)(H,34,35)(H4,21,22,24). The van der Waals surface area contributed by atoms with Crippen LogP contribution in [-0.4, -0.2) is 86.5 Å². The second-order valence-corrected chi connectivity index (χ2v) is 7.63. The molecule has 35 heavy (non-hydrogen) atoms. The molecule has 0 saturated heterocycles. The van der Waals surface area contributed by atoms with Gasteiger partial charge in [0.2, 0.25) is 17.7 Å². The number of aliphatic imine (C=N–C) groups is 1. The summed E-state index contributed by atoms with van der Waals surface area (Å²) in [7, 11) is 0. The number of nitrogens with zero attached hydrogens (tertiary/aromatic N) is 2. The molecule has 0 bridgehead atoms. The molecular formula is C19H31N9O7. The Morgan fingerprint density at radius 2 is 1.69 bits per heavy atom. The molecule has 4 atom stereocenters. The maximum Gasteiger partial charge on any atom is 0.325 e. The third-order valence-electron chi connectivity index (χ3n) is 4.66. The number of nitrogens with one attached hydrogen (secondary N) is 4. The molecule has 1 heterocycles. The fraction of sp³-hybridized carbons (Fsp3) is 0.526. The predicted molar refractivity (Wildman–Crippen MR) is 122 cm³/mol. The lowest BCUT2D eigenvalue weighted by atomic mass is 10.1. The van der Waals surface area contributed by atoms with Gasteiger partial charge in [0.25, 0.3) is 0 Å². The Morgan fingerprint density at radius 1 is 1.06 bits per heavy atom. The highest BCUT2D eigenvalue weighted by atomic mass is 16.4. The van der Waals surface area contributed by atoms with Gasteiger partial charge < -0.3 is 48.3 Å². The molecule has 0 aromatic carbocycles. The molecule has 194 valence electrons. The van der Waals surface area contributed by atoms with Crippen LogP contribution in [0.1, 0.15) is 31.9 Å². The van der Waals surface area contributed by atoms with E-state index in [4.69, 9.17) is 22.3 Å². The SMILES string of the molecule is CC(NC(=O)C(Cc1cnc[nH]1)NC(=O)C(CC(=O)O)NC(=O)C(N)CCCN=C(N)N)C(=O)O. The predicted octanol–water partition coefficient (Wildman–Crippen LogP) is -3.63. The summed E-state index contributed by atoms with van der Waals surface area (Å²) in [4.78, 5) is 70.5. The topological polar surface area (TPSA) is 281 Å². The monoisotopic (exact) mass is 497 g/mol. The Kier molecular flexibility index (Phi) is 11.6. The Bertz CT molecular complexity index is 916. The zero-order chi connectivity index (χ0) is 26.5. The molecule has 0 spiro atoms. The van der Waals surface area contributed by atoms with Crippen molar-refractivity contribution in [2.75, 3.05) is 6.54 Å². The number of H-pyrrole nitrogens is 1. The minimum absolute atomic E-state index is 0.109. The zero-order valence-corrected chi connectivity index (χ0v) is 19.1. The number of aliphatic carboxylic acids is 2. The van der Waals surface area contributed by atoms with Crippen molar-refractivity contribution in [3.05, 3.63) is 18.2 Å². The van der Waals surface area contributed by atoms with Crippen molar-refractivity contribution in [1.82, 2.24) is 25.9 Å². The van der Waals surface area contributed by atoms with Crippen molar-refractivity contribution in [1.29, 1.82) is 0 Å². The van der Waals surface area contributed by atoms with Crippen molar-refractivity contribution in [2.24, 2.45) is 22.2 Å².